The largest absolute Gasteiger partial charge is 0.467 e. The molecule has 1 fully saturated rings. The number of carbonyl (C=O) groups excluding carboxylic acids is 2. The van der Waals surface area contributed by atoms with Crippen LogP contribution in [0.5, 0.6) is 0 Å². The van der Waals surface area contributed by atoms with Gasteiger partial charge in [-0.05, 0) is 6.92 Å². The van der Waals surface area contributed by atoms with Crippen molar-refractivity contribution in [1.29, 1.82) is 0 Å². The number of methoxy groups -OCH3 is 1. The lowest BCUT2D eigenvalue weighted by Gasteiger charge is -2.43. The summed E-state index contributed by atoms with van der Waals surface area (Å²) in [5.74, 6) is -1.15. The Hall–Kier alpha value is -1.26. The Morgan fingerprint density at radius 2 is 2.00 bits per heavy atom. The molecule has 4 N–H and O–H groups in total. The summed E-state index contributed by atoms with van der Waals surface area (Å²) in [5.41, 5.74) is 0. The molecule has 0 radical (unpaired) electrons. The van der Waals surface area contributed by atoms with E-state index in [4.69, 9.17) is 14.6 Å². The molecule has 1 aliphatic heterocycles. The van der Waals surface area contributed by atoms with E-state index in [1.165, 1.54) is 21.0 Å². The molecule has 21 heavy (non-hydrogen) atoms. The van der Waals surface area contributed by atoms with Crippen LogP contribution in [0.4, 0.5) is 0 Å². The van der Waals surface area contributed by atoms with Gasteiger partial charge in [0, 0.05) is 6.92 Å². The Bertz CT molecular complexity index is 376. The van der Waals surface area contributed by atoms with Gasteiger partial charge in [0.2, 0.25) is 5.91 Å². The molecule has 122 valence electrons. The van der Waals surface area contributed by atoms with Gasteiger partial charge in [0.25, 0.3) is 0 Å². The van der Waals surface area contributed by atoms with Crippen molar-refractivity contribution in [2.45, 2.75) is 50.6 Å². The SMILES string of the molecule is COC(=O)[C@@H](C)O[C@H]1[C@H](O)[C@@H](CO)OC(O)[C@@H]1NC(C)=O. The lowest BCUT2D eigenvalue weighted by atomic mass is 9.96. The molecule has 1 unspecified atom stereocenters. The van der Waals surface area contributed by atoms with E-state index in [2.05, 4.69) is 10.1 Å². The Morgan fingerprint density at radius 3 is 2.48 bits per heavy atom. The van der Waals surface area contributed by atoms with Crippen LogP contribution >= 0.6 is 0 Å². The van der Waals surface area contributed by atoms with Crippen molar-refractivity contribution in [2.24, 2.45) is 0 Å². The maximum atomic E-state index is 11.4. The molecule has 0 aromatic rings. The van der Waals surface area contributed by atoms with Crippen LogP contribution in [0.3, 0.4) is 0 Å². The molecule has 9 nitrogen and oxygen atoms in total. The second-order valence-corrected chi connectivity index (χ2v) is 4.73. The van der Waals surface area contributed by atoms with E-state index in [1.54, 1.807) is 0 Å². The van der Waals surface area contributed by atoms with Crippen LogP contribution in [0.2, 0.25) is 0 Å². The van der Waals surface area contributed by atoms with Gasteiger partial charge in [-0.3, -0.25) is 4.79 Å². The zero-order chi connectivity index (χ0) is 16.2. The van der Waals surface area contributed by atoms with Gasteiger partial charge in [-0.25, -0.2) is 4.79 Å². The minimum atomic E-state index is -1.50. The van der Waals surface area contributed by atoms with Crippen molar-refractivity contribution in [3.05, 3.63) is 0 Å². The van der Waals surface area contributed by atoms with Gasteiger partial charge < -0.3 is 34.8 Å². The minimum Gasteiger partial charge on any atom is -0.467 e. The summed E-state index contributed by atoms with van der Waals surface area (Å²) >= 11 is 0. The average Bonchev–Trinajstić information content (AvgIpc) is 2.44. The first-order valence-electron chi connectivity index (χ1n) is 6.44. The predicted octanol–water partition coefficient (Wildman–Crippen LogP) is -2.49. The minimum absolute atomic E-state index is 0.475. The van der Waals surface area contributed by atoms with Crippen LogP contribution in [0.25, 0.3) is 0 Å². The first-order valence-corrected chi connectivity index (χ1v) is 6.44. The van der Waals surface area contributed by atoms with E-state index in [0.717, 1.165) is 0 Å². The molecule has 0 aromatic heterocycles. The molecule has 0 aromatic carbocycles. The third-order valence-electron chi connectivity index (χ3n) is 3.14. The van der Waals surface area contributed by atoms with Crippen molar-refractivity contribution < 1.29 is 39.1 Å². The fourth-order valence-electron chi connectivity index (χ4n) is 2.09. The second-order valence-electron chi connectivity index (χ2n) is 4.73. The molecule has 9 heteroatoms. The number of esters is 1. The van der Waals surface area contributed by atoms with Gasteiger partial charge in [-0.15, -0.1) is 0 Å². The van der Waals surface area contributed by atoms with E-state index in [1.807, 2.05) is 0 Å². The number of hydrogen-bond acceptors (Lipinski definition) is 8. The number of ether oxygens (including phenoxy) is 3. The first-order chi connectivity index (χ1) is 9.81. The number of aliphatic hydroxyl groups is 3. The Morgan fingerprint density at radius 1 is 1.38 bits per heavy atom. The molecule has 0 spiro atoms. The molecule has 1 heterocycles. The fraction of sp³-hybridized carbons (Fsp3) is 0.833. The molecule has 1 amide bonds. The summed E-state index contributed by atoms with van der Waals surface area (Å²) in [5, 5.41) is 31.5. The van der Waals surface area contributed by atoms with Crippen molar-refractivity contribution in [3.63, 3.8) is 0 Å². The maximum absolute atomic E-state index is 11.4. The smallest absolute Gasteiger partial charge is 0.334 e. The summed E-state index contributed by atoms with van der Waals surface area (Å²) in [6.07, 6.45) is -6.12. The van der Waals surface area contributed by atoms with Crippen LogP contribution in [-0.4, -0.2) is 77.7 Å². The number of aliphatic hydroxyl groups excluding tert-OH is 3. The third-order valence-corrected chi connectivity index (χ3v) is 3.14. The first kappa shape index (κ1) is 17.8. The Labute approximate surface area is 121 Å². The molecular weight excluding hydrogens is 286 g/mol. The Balaban J connectivity index is 2.92. The van der Waals surface area contributed by atoms with Gasteiger partial charge >= 0.3 is 5.97 Å². The number of rotatable bonds is 5. The van der Waals surface area contributed by atoms with Crippen LogP contribution < -0.4 is 5.32 Å². The van der Waals surface area contributed by atoms with Crippen molar-refractivity contribution in [3.8, 4) is 0 Å². The zero-order valence-electron chi connectivity index (χ0n) is 12.1. The van der Waals surface area contributed by atoms with Crippen molar-refractivity contribution in [1.82, 2.24) is 5.32 Å². The fourth-order valence-corrected chi connectivity index (χ4v) is 2.09. The Kier molecular flexibility index (Phi) is 6.49. The number of carbonyl (C=O) groups is 2. The monoisotopic (exact) mass is 307 g/mol. The molecule has 0 aliphatic carbocycles. The highest BCUT2D eigenvalue weighted by Crippen LogP contribution is 2.23. The lowest BCUT2D eigenvalue weighted by molar-refractivity contribution is -0.267. The van der Waals surface area contributed by atoms with Gasteiger partial charge in [0.1, 0.15) is 24.4 Å². The number of amides is 1. The molecule has 1 saturated heterocycles. The van der Waals surface area contributed by atoms with Gasteiger partial charge in [0.15, 0.2) is 12.4 Å². The zero-order valence-corrected chi connectivity index (χ0v) is 12.1. The highest BCUT2D eigenvalue weighted by Gasteiger charge is 2.46. The number of nitrogens with one attached hydrogen (secondary N) is 1. The third kappa shape index (κ3) is 4.35. The summed E-state index contributed by atoms with van der Waals surface area (Å²) in [6, 6.07) is -1.09. The van der Waals surface area contributed by atoms with Crippen molar-refractivity contribution >= 4 is 11.9 Å². The molecule has 1 aliphatic rings. The summed E-state index contributed by atoms with van der Waals surface area (Å²) in [6.45, 7) is 2.06. The average molecular weight is 307 g/mol. The molecule has 0 saturated carbocycles. The molecule has 6 atom stereocenters. The van der Waals surface area contributed by atoms with Gasteiger partial charge in [-0.1, -0.05) is 0 Å². The van der Waals surface area contributed by atoms with Gasteiger partial charge in [0.05, 0.1) is 13.7 Å². The van der Waals surface area contributed by atoms with E-state index in [0.29, 0.717) is 0 Å². The second kappa shape index (κ2) is 7.66. The summed E-state index contributed by atoms with van der Waals surface area (Å²) in [7, 11) is 1.18. The van der Waals surface area contributed by atoms with Gasteiger partial charge in [-0.2, -0.15) is 0 Å². The maximum Gasteiger partial charge on any atom is 0.334 e. The van der Waals surface area contributed by atoms with E-state index < -0.39 is 55.2 Å². The molecule has 1 rings (SSSR count). The van der Waals surface area contributed by atoms with E-state index in [9.17, 15) is 19.8 Å². The highest BCUT2D eigenvalue weighted by atomic mass is 16.6. The van der Waals surface area contributed by atoms with E-state index in [-0.39, 0.29) is 0 Å². The lowest BCUT2D eigenvalue weighted by Crippen LogP contribution is -2.65. The van der Waals surface area contributed by atoms with Crippen LogP contribution in [-0.2, 0) is 23.8 Å². The highest BCUT2D eigenvalue weighted by molar-refractivity contribution is 5.74. The summed E-state index contributed by atoms with van der Waals surface area (Å²) in [4.78, 5) is 22.6. The van der Waals surface area contributed by atoms with Crippen LogP contribution in [0.15, 0.2) is 0 Å². The number of hydrogen-bond donors (Lipinski definition) is 4. The normalized spacial score (nSPS) is 34.1. The molecule has 0 bridgehead atoms. The van der Waals surface area contributed by atoms with E-state index >= 15 is 0 Å². The standard InChI is InChI=1S/C12H21NO8/c1-5(11(17)19-3)20-10-8(13-6(2)15)12(18)21-7(4-14)9(10)16/h5,7-10,12,14,16,18H,4H2,1-3H3,(H,13,15)/t5-,7-,8-,9-,10-,12?/m1/s1. The quantitative estimate of drug-likeness (QED) is 0.410. The summed E-state index contributed by atoms with van der Waals surface area (Å²) < 4.78 is 14.9. The van der Waals surface area contributed by atoms with Crippen LogP contribution in [0, 0.1) is 0 Å². The topological polar surface area (TPSA) is 135 Å². The van der Waals surface area contributed by atoms with Crippen LogP contribution in [0.1, 0.15) is 13.8 Å². The van der Waals surface area contributed by atoms with Crippen molar-refractivity contribution in [2.75, 3.05) is 13.7 Å². The molecular formula is C12H21NO8. The predicted molar refractivity (Wildman–Crippen MR) is 67.9 cm³/mol.